The molecule has 1 rings (SSSR count). The lowest BCUT2D eigenvalue weighted by Gasteiger charge is -2.34. The second-order valence-corrected chi connectivity index (χ2v) is 5.51. The highest BCUT2D eigenvalue weighted by Crippen LogP contribution is 2.15. The topological polar surface area (TPSA) is 67.6 Å². The molecule has 0 aromatic carbocycles. The Labute approximate surface area is 104 Å². The standard InChI is InChI=1S/C12H25N3O2/c1-12(2,3)17-11(16)15-8-4-5-10(9-15)14-7-6-13/h10,14H,4-9,13H2,1-3H3. The van der Waals surface area contributed by atoms with Crippen molar-refractivity contribution in [2.75, 3.05) is 26.2 Å². The maximum absolute atomic E-state index is 11.9. The van der Waals surface area contributed by atoms with Crippen LogP contribution in [0.5, 0.6) is 0 Å². The second kappa shape index (κ2) is 6.21. The fourth-order valence-corrected chi connectivity index (χ4v) is 1.92. The Morgan fingerprint density at radius 1 is 1.53 bits per heavy atom. The highest BCUT2D eigenvalue weighted by molar-refractivity contribution is 5.68. The van der Waals surface area contributed by atoms with E-state index >= 15 is 0 Å². The van der Waals surface area contributed by atoms with Crippen molar-refractivity contribution in [2.24, 2.45) is 5.73 Å². The number of carbonyl (C=O) groups is 1. The van der Waals surface area contributed by atoms with Gasteiger partial charge >= 0.3 is 6.09 Å². The number of rotatable bonds is 3. The zero-order valence-electron chi connectivity index (χ0n) is 11.2. The van der Waals surface area contributed by atoms with E-state index in [9.17, 15) is 4.79 Å². The van der Waals surface area contributed by atoms with Crippen LogP contribution in [0.15, 0.2) is 0 Å². The number of carbonyl (C=O) groups excluding carboxylic acids is 1. The Morgan fingerprint density at radius 3 is 2.82 bits per heavy atom. The number of amides is 1. The molecule has 3 N–H and O–H groups in total. The van der Waals surface area contributed by atoms with Gasteiger partial charge < -0.3 is 20.7 Å². The van der Waals surface area contributed by atoms with Crippen LogP contribution < -0.4 is 11.1 Å². The molecule has 0 spiro atoms. The predicted molar refractivity (Wildman–Crippen MR) is 67.9 cm³/mol. The average molecular weight is 243 g/mol. The minimum Gasteiger partial charge on any atom is -0.444 e. The number of hydrogen-bond donors (Lipinski definition) is 2. The van der Waals surface area contributed by atoms with Gasteiger partial charge in [-0.1, -0.05) is 0 Å². The summed E-state index contributed by atoms with van der Waals surface area (Å²) in [5, 5.41) is 3.34. The molecule has 100 valence electrons. The van der Waals surface area contributed by atoms with Crippen LogP contribution in [-0.4, -0.2) is 48.8 Å². The van der Waals surface area contributed by atoms with Crippen LogP contribution in [0.4, 0.5) is 4.79 Å². The van der Waals surface area contributed by atoms with Crippen molar-refractivity contribution in [1.29, 1.82) is 0 Å². The van der Waals surface area contributed by atoms with Crippen LogP contribution in [0.2, 0.25) is 0 Å². The molecular weight excluding hydrogens is 218 g/mol. The summed E-state index contributed by atoms with van der Waals surface area (Å²) in [7, 11) is 0. The van der Waals surface area contributed by atoms with Crippen molar-refractivity contribution in [2.45, 2.75) is 45.3 Å². The first-order chi connectivity index (χ1) is 7.92. The van der Waals surface area contributed by atoms with Crippen LogP contribution in [0.3, 0.4) is 0 Å². The minimum atomic E-state index is -0.422. The van der Waals surface area contributed by atoms with Crippen molar-refractivity contribution in [3.05, 3.63) is 0 Å². The molecule has 0 aromatic heterocycles. The summed E-state index contributed by atoms with van der Waals surface area (Å²) in [5.74, 6) is 0. The average Bonchev–Trinajstić information content (AvgIpc) is 2.24. The number of likely N-dealkylation sites (tertiary alicyclic amines) is 1. The zero-order chi connectivity index (χ0) is 12.9. The van der Waals surface area contributed by atoms with Gasteiger partial charge in [0.1, 0.15) is 5.60 Å². The highest BCUT2D eigenvalue weighted by atomic mass is 16.6. The van der Waals surface area contributed by atoms with Gasteiger partial charge in [0.25, 0.3) is 0 Å². The van der Waals surface area contributed by atoms with Gasteiger partial charge in [0.2, 0.25) is 0 Å². The third-order valence-electron chi connectivity index (χ3n) is 2.65. The Bertz CT molecular complexity index is 251. The summed E-state index contributed by atoms with van der Waals surface area (Å²) in [4.78, 5) is 13.7. The largest absolute Gasteiger partial charge is 0.444 e. The zero-order valence-corrected chi connectivity index (χ0v) is 11.2. The van der Waals surface area contributed by atoms with Crippen molar-refractivity contribution in [1.82, 2.24) is 10.2 Å². The van der Waals surface area contributed by atoms with Gasteiger partial charge in [-0.15, -0.1) is 0 Å². The Balaban J connectivity index is 2.40. The number of ether oxygens (including phenoxy) is 1. The molecule has 5 heteroatoms. The van der Waals surface area contributed by atoms with Crippen molar-refractivity contribution in [3.8, 4) is 0 Å². The first-order valence-electron chi connectivity index (χ1n) is 6.34. The van der Waals surface area contributed by atoms with Crippen LogP contribution in [0, 0.1) is 0 Å². The molecule has 0 aliphatic carbocycles. The fraction of sp³-hybridized carbons (Fsp3) is 0.917. The third-order valence-corrected chi connectivity index (χ3v) is 2.65. The van der Waals surface area contributed by atoms with Crippen LogP contribution in [-0.2, 0) is 4.74 Å². The molecule has 0 radical (unpaired) electrons. The van der Waals surface area contributed by atoms with Gasteiger partial charge in [0, 0.05) is 32.2 Å². The molecule has 0 bridgehead atoms. The number of hydrogen-bond acceptors (Lipinski definition) is 4. The Morgan fingerprint density at radius 2 is 2.24 bits per heavy atom. The lowest BCUT2D eigenvalue weighted by Crippen LogP contribution is -2.50. The molecule has 0 saturated carbocycles. The van der Waals surface area contributed by atoms with E-state index in [-0.39, 0.29) is 6.09 Å². The van der Waals surface area contributed by atoms with E-state index < -0.39 is 5.60 Å². The second-order valence-electron chi connectivity index (χ2n) is 5.51. The lowest BCUT2D eigenvalue weighted by atomic mass is 10.1. The molecule has 0 aromatic rings. The van der Waals surface area contributed by atoms with Crippen molar-refractivity contribution in [3.63, 3.8) is 0 Å². The predicted octanol–water partition coefficient (Wildman–Crippen LogP) is 0.934. The lowest BCUT2D eigenvalue weighted by molar-refractivity contribution is 0.0188. The Kier molecular flexibility index (Phi) is 5.21. The summed E-state index contributed by atoms with van der Waals surface area (Å²) in [5.41, 5.74) is 5.03. The van der Waals surface area contributed by atoms with E-state index in [2.05, 4.69) is 5.32 Å². The summed E-state index contributed by atoms with van der Waals surface area (Å²) >= 11 is 0. The summed E-state index contributed by atoms with van der Waals surface area (Å²) < 4.78 is 5.36. The molecule has 17 heavy (non-hydrogen) atoms. The van der Waals surface area contributed by atoms with Gasteiger partial charge in [-0.25, -0.2) is 4.79 Å². The van der Waals surface area contributed by atoms with Crippen LogP contribution in [0.1, 0.15) is 33.6 Å². The number of nitrogens with one attached hydrogen (secondary N) is 1. The Hall–Kier alpha value is -0.810. The summed E-state index contributed by atoms with van der Waals surface area (Å²) in [6.45, 7) is 8.59. The molecule has 1 aliphatic rings. The molecule has 5 nitrogen and oxygen atoms in total. The quantitative estimate of drug-likeness (QED) is 0.774. The fourth-order valence-electron chi connectivity index (χ4n) is 1.92. The van der Waals surface area contributed by atoms with Crippen LogP contribution in [0.25, 0.3) is 0 Å². The first-order valence-corrected chi connectivity index (χ1v) is 6.34. The van der Waals surface area contributed by atoms with E-state index in [1.807, 2.05) is 20.8 Å². The van der Waals surface area contributed by atoms with Crippen LogP contribution >= 0.6 is 0 Å². The number of nitrogens with two attached hydrogens (primary N) is 1. The third kappa shape index (κ3) is 5.37. The van der Waals surface area contributed by atoms with Crippen molar-refractivity contribution < 1.29 is 9.53 Å². The molecular formula is C12H25N3O2. The maximum Gasteiger partial charge on any atom is 0.410 e. The van der Waals surface area contributed by atoms with E-state index in [1.165, 1.54) is 0 Å². The van der Waals surface area contributed by atoms with E-state index in [0.29, 0.717) is 12.6 Å². The number of piperidine rings is 1. The van der Waals surface area contributed by atoms with E-state index in [4.69, 9.17) is 10.5 Å². The van der Waals surface area contributed by atoms with Gasteiger partial charge in [-0.05, 0) is 33.6 Å². The smallest absolute Gasteiger partial charge is 0.410 e. The molecule has 1 amide bonds. The van der Waals surface area contributed by atoms with E-state index in [1.54, 1.807) is 4.90 Å². The minimum absolute atomic E-state index is 0.211. The molecule has 1 heterocycles. The summed E-state index contributed by atoms with van der Waals surface area (Å²) in [6, 6.07) is 0.347. The van der Waals surface area contributed by atoms with Gasteiger partial charge in [0.05, 0.1) is 0 Å². The highest BCUT2D eigenvalue weighted by Gasteiger charge is 2.27. The molecule has 1 unspecified atom stereocenters. The van der Waals surface area contributed by atoms with Gasteiger partial charge in [0.15, 0.2) is 0 Å². The van der Waals surface area contributed by atoms with Crippen molar-refractivity contribution >= 4 is 6.09 Å². The normalized spacial score (nSPS) is 21.4. The monoisotopic (exact) mass is 243 g/mol. The molecule has 1 aliphatic heterocycles. The first kappa shape index (κ1) is 14.3. The van der Waals surface area contributed by atoms with E-state index in [0.717, 1.165) is 32.5 Å². The SMILES string of the molecule is CC(C)(C)OC(=O)N1CCCC(NCCN)C1. The maximum atomic E-state index is 11.9. The van der Waals surface area contributed by atoms with Gasteiger partial charge in [-0.3, -0.25) is 0 Å². The van der Waals surface area contributed by atoms with Gasteiger partial charge in [-0.2, -0.15) is 0 Å². The molecule has 1 atom stereocenters. The molecule has 1 saturated heterocycles. The number of nitrogens with zero attached hydrogens (tertiary/aromatic N) is 1. The summed E-state index contributed by atoms with van der Waals surface area (Å²) in [6.07, 6.45) is 1.90. The molecule has 1 fully saturated rings.